The Morgan fingerprint density at radius 2 is 1.94 bits per heavy atom. The van der Waals surface area contributed by atoms with Crippen LogP contribution in [0.4, 0.5) is 17.3 Å². The van der Waals surface area contributed by atoms with E-state index in [2.05, 4.69) is 56.8 Å². The number of nitrogens with zero attached hydrogens (tertiary/aromatic N) is 4. The molecule has 0 spiro atoms. The summed E-state index contributed by atoms with van der Waals surface area (Å²) in [5, 5.41) is 7.69. The van der Waals surface area contributed by atoms with Gasteiger partial charge in [0, 0.05) is 55.2 Å². The average Bonchev–Trinajstić information content (AvgIpc) is 3.47. The maximum absolute atomic E-state index is 12.9. The quantitative estimate of drug-likeness (QED) is 0.422. The predicted molar refractivity (Wildman–Crippen MR) is 134 cm³/mol. The Morgan fingerprint density at radius 3 is 2.64 bits per heavy atom. The van der Waals surface area contributed by atoms with Gasteiger partial charge in [0.2, 0.25) is 11.7 Å². The van der Waals surface area contributed by atoms with E-state index >= 15 is 0 Å². The van der Waals surface area contributed by atoms with Gasteiger partial charge in [-0.05, 0) is 62.1 Å². The number of allylic oxidation sites excluding steroid dienone is 1. The first-order chi connectivity index (χ1) is 16.0. The number of ketones is 1. The van der Waals surface area contributed by atoms with Gasteiger partial charge in [-0.25, -0.2) is 4.98 Å². The summed E-state index contributed by atoms with van der Waals surface area (Å²) in [6.45, 7) is 11.8. The Kier molecular flexibility index (Phi) is 5.89. The maximum Gasteiger partial charge on any atom is 0.229 e. The molecule has 2 N–H and O–H groups in total. The Bertz CT molecular complexity index is 1200. The molecule has 172 valence electrons. The van der Waals surface area contributed by atoms with Crippen LogP contribution < -0.4 is 15.5 Å². The van der Waals surface area contributed by atoms with Crippen molar-refractivity contribution in [1.29, 1.82) is 0 Å². The highest BCUT2D eigenvalue weighted by Crippen LogP contribution is 2.35. The SMILES string of the molecule is C=C(C)C(=O)c1cc2cnc(Nc3ccc(N4CCNCC4)cc3C)nc2n1C1CCCC1. The number of hydrogen-bond donors (Lipinski definition) is 2. The van der Waals surface area contributed by atoms with Gasteiger partial charge in [0.25, 0.3) is 0 Å². The van der Waals surface area contributed by atoms with E-state index in [1.165, 1.54) is 18.5 Å². The molecule has 5 rings (SSSR count). The second-order valence-corrected chi connectivity index (χ2v) is 9.28. The van der Waals surface area contributed by atoms with Gasteiger partial charge < -0.3 is 20.1 Å². The lowest BCUT2D eigenvalue weighted by Crippen LogP contribution is -2.43. The van der Waals surface area contributed by atoms with Gasteiger partial charge in [0.1, 0.15) is 5.65 Å². The first-order valence-electron chi connectivity index (χ1n) is 11.9. The monoisotopic (exact) mass is 444 g/mol. The lowest BCUT2D eigenvalue weighted by molar-refractivity contribution is 0.102. The number of fused-ring (bicyclic) bond motifs is 1. The van der Waals surface area contributed by atoms with Crippen LogP contribution in [0.15, 0.2) is 42.6 Å². The fourth-order valence-electron chi connectivity index (χ4n) is 5.02. The standard InChI is InChI=1S/C26H32N6O/c1-17(2)24(33)23-15-19-16-28-26(30-25(19)32(23)20-6-4-5-7-20)29-22-9-8-21(14-18(22)3)31-12-10-27-11-13-31/h8-9,14-16,20,27H,1,4-7,10-13H2,2-3H3,(H,28,29,30). The normalized spacial score (nSPS) is 17.0. The summed E-state index contributed by atoms with van der Waals surface area (Å²) in [5.41, 5.74) is 5.42. The molecule has 3 aromatic rings. The summed E-state index contributed by atoms with van der Waals surface area (Å²) in [6, 6.07) is 8.69. The van der Waals surface area contributed by atoms with Crippen molar-refractivity contribution in [2.45, 2.75) is 45.6 Å². The minimum absolute atomic E-state index is 0.0197. The minimum Gasteiger partial charge on any atom is -0.369 e. The number of piperazine rings is 1. The Morgan fingerprint density at radius 1 is 1.18 bits per heavy atom. The first kappa shape index (κ1) is 21.6. The third kappa shape index (κ3) is 4.25. The Labute approximate surface area is 194 Å². The van der Waals surface area contributed by atoms with Gasteiger partial charge in [-0.2, -0.15) is 4.98 Å². The molecule has 2 fully saturated rings. The summed E-state index contributed by atoms with van der Waals surface area (Å²) in [6.07, 6.45) is 6.31. The molecular formula is C26H32N6O. The zero-order chi connectivity index (χ0) is 22.9. The van der Waals surface area contributed by atoms with Crippen molar-refractivity contribution >= 4 is 34.1 Å². The zero-order valence-corrected chi connectivity index (χ0v) is 19.5. The van der Waals surface area contributed by atoms with E-state index in [-0.39, 0.29) is 5.78 Å². The number of Topliss-reactive ketones (excluding diaryl/α,β-unsaturated/α-hetero) is 1. The van der Waals surface area contributed by atoms with Crippen molar-refractivity contribution in [3.63, 3.8) is 0 Å². The van der Waals surface area contributed by atoms with Crippen LogP contribution in [0.25, 0.3) is 11.0 Å². The number of rotatable bonds is 6. The van der Waals surface area contributed by atoms with Crippen LogP contribution in [-0.4, -0.2) is 46.5 Å². The number of anilines is 3. The van der Waals surface area contributed by atoms with Crippen molar-refractivity contribution in [2.75, 3.05) is 36.4 Å². The molecule has 1 aliphatic carbocycles. The van der Waals surface area contributed by atoms with Crippen molar-refractivity contribution in [2.24, 2.45) is 0 Å². The second-order valence-electron chi connectivity index (χ2n) is 9.28. The van der Waals surface area contributed by atoms with Gasteiger partial charge in [0.05, 0.1) is 5.69 Å². The molecule has 1 saturated carbocycles. The van der Waals surface area contributed by atoms with Crippen molar-refractivity contribution in [1.82, 2.24) is 19.9 Å². The molecule has 3 heterocycles. The smallest absolute Gasteiger partial charge is 0.229 e. The van der Waals surface area contributed by atoms with E-state index in [1.54, 1.807) is 6.92 Å². The van der Waals surface area contributed by atoms with E-state index in [4.69, 9.17) is 4.98 Å². The van der Waals surface area contributed by atoms with Gasteiger partial charge in [-0.15, -0.1) is 0 Å². The molecular weight excluding hydrogens is 412 g/mol. The highest BCUT2D eigenvalue weighted by Gasteiger charge is 2.26. The lowest BCUT2D eigenvalue weighted by atomic mass is 10.1. The molecule has 2 aliphatic rings. The van der Waals surface area contributed by atoms with Gasteiger partial charge in [0.15, 0.2) is 0 Å². The van der Waals surface area contributed by atoms with Crippen LogP contribution in [0.3, 0.4) is 0 Å². The summed E-state index contributed by atoms with van der Waals surface area (Å²) in [7, 11) is 0. The molecule has 0 radical (unpaired) electrons. The minimum atomic E-state index is -0.0197. The van der Waals surface area contributed by atoms with Gasteiger partial charge >= 0.3 is 0 Å². The topological polar surface area (TPSA) is 75.1 Å². The van der Waals surface area contributed by atoms with Crippen LogP contribution in [0.2, 0.25) is 0 Å². The molecule has 7 heteroatoms. The first-order valence-corrected chi connectivity index (χ1v) is 11.9. The molecule has 0 bridgehead atoms. The number of hydrogen-bond acceptors (Lipinski definition) is 6. The van der Waals surface area contributed by atoms with E-state index < -0.39 is 0 Å². The number of carbonyl (C=O) groups is 1. The van der Waals surface area contributed by atoms with Crippen LogP contribution >= 0.6 is 0 Å². The number of nitrogens with one attached hydrogen (secondary N) is 2. The predicted octanol–water partition coefficient (Wildman–Crippen LogP) is 4.77. The van der Waals surface area contributed by atoms with Crippen LogP contribution in [0.1, 0.15) is 54.7 Å². The third-order valence-corrected chi connectivity index (χ3v) is 6.82. The van der Waals surface area contributed by atoms with E-state index in [1.807, 2.05) is 12.3 Å². The molecule has 1 aliphatic heterocycles. The molecule has 0 unspecified atom stereocenters. The lowest BCUT2D eigenvalue weighted by Gasteiger charge is -2.30. The molecule has 1 saturated heterocycles. The molecule has 1 aromatic carbocycles. The molecule has 0 atom stereocenters. The molecule has 2 aromatic heterocycles. The fourth-order valence-corrected chi connectivity index (χ4v) is 5.02. The van der Waals surface area contributed by atoms with E-state index in [0.29, 0.717) is 23.3 Å². The number of carbonyl (C=O) groups excluding carboxylic acids is 1. The second kappa shape index (κ2) is 8.98. The molecule has 7 nitrogen and oxygen atoms in total. The summed E-state index contributed by atoms with van der Waals surface area (Å²) in [5.74, 6) is 0.529. The maximum atomic E-state index is 12.9. The average molecular weight is 445 g/mol. The van der Waals surface area contributed by atoms with Crippen molar-refractivity contribution in [3.05, 3.63) is 53.9 Å². The van der Waals surface area contributed by atoms with Gasteiger partial charge in [-0.1, -0.05) is 19.4 Å². The Balaban J connectivity index is 1.47. The largest absolute Gasteiger partial charge is 0.369 e. The zero-order valence-electron chi connectivity index (χ0n) is 19.5. The van der Waals surface area contributed by atoms with Crippen LogP contribution in [-0.2, 0) is 0 Å². The van der Waals surface area contributed by atoms with Crippen molar-refractivity contribution in [3.8, 4) is 0 Å². The van der Waals surface area contributed by atoms with Crippen molar-refractivity contribution < 1.29 is 4.79 Å². The van der Waals surface area contributed by atoms with Gasteiger partial charge in [-0.3, -0.25) is 4.79 Å². The number of aryl methyl sites for hydroxylation is 1. The van der Waals surface area contributed by atoms with E-state index in [0.717, 1.165) is 61.3 Å². The van der Waals surface area contributed by atoms with E-state index in [9.17, 15) is 4.79 Å². The third-order valence-electron chi connectivity index (χ3n) is 6.82. The highest BCUT2D eigenvalue weighted by atomic mass is 16.1. The van der Waals surface area contributed by atoms with Crippen LogP contribution in [0, 0.1) is 6.92 Å². The summed E-state index contributed by atoms with van der Waals surface area (Å²) >= 11 is 0. The summed E-state index contributed by atoms with van der Waals surface area (Å²) < 4.78 is 2.13. The number of aromatic nitrogens is 3. The number of benzene rings is 1. The molecule has 0 amide bonds. The van der Waals surface area contributed by atoms with Crippen LogP contribution in [0.5, 0.6) is 0 Å². The fraction of sp³-hybridized carbons (Fsp3) is 0.423. The Hall–Kier alpha value is -3.19. The highest BCUT2D eigenvalue weighted by molar-refractivity contribution is 6.09. The summed E-state index contributed by atoms with van der Waals surface area (Å²) in [4.78, 5) is 24.7. The molecule has 33 heavy (non-hydrogen) atoms.